The van der Waals surface area contributed by atoms with Gasteiger partial charge in [-0.2, -0.15) is 0 Å². The van der Waals surface area contributed by atoms with E-state index in [0.29, 0.717) is 16.9 Å². The van der Waals surface area contributed by atoms with E-state index in [-0.39, 0.29) is 0 Å². The molecule has 0 unspecified atom stereocenters. The number of nitrogens with one attached hydrogen (secondary N) is 1. The molecule has 1 aliphatic rings. The van der Waals surface area contributed by atoms with Gasteiger partial charge in [0.25, 0.3) is 0 Å². The fourth-order valence-electron chi connectivity index (χ4n) is 2.09. The number of hydrogen-bond acceptors (Lipinski definition) is 2. The van der Waals surface area contributed by atoms with E-state index in [0.717, 1.165) is 22.9 Å². The molecular weight excluding hydrogens is 302 g/mol. The van der Waals surface area contributed by atoms with Crippen LogP contribution in [-0.4, -0.2) is 11.9 Å². The summed E-state index contributed by atoms with van der Waals surface area (Å²) in [5.74, 6) is 6.22. The molecule has 0 saturated heterocycles. The van der Waals surface area contributed by atoms with Crippen LogP contribution in [0.4, 0.5) is 0 Å². The van der Waals surface area contributed by atoms with Crippen molar-refractivity contribution < 1.29 is 0 Å². The molecular formula is C12H15BrClN3. The van der Waals surface area contributed by atoms with E-state index < -0.39 is 0 Å². The van der Waals surface area contributed by atoms with Crippen LogP contribution >= 0.6 is 27.5 Å². The largest absolute Gasteiger partial charge is 0.308 e. The molecule has 1 fully saturated rings. The topological polar surface area (TPSA) is 50.4 Å². The van der Waals surface area contributed by atoms with Gasteiger partial charge in [-0.3, -0.25) is 4.99 Å². The molecule has 17 heavy (non-hydrogen) atoms. The number of halogens is 2. The van der Waals surface area contributed by atoms with Crippen molar-refractivity contribution in [1.29, 1.82) is 0 Å². The Morgan fingerprint density at radius 1 is 1.41 bits per heavy atom. The summed E-state index contributed by atoms with van der Waals surface area (Å²) in [5, 5.41) is 0.641. The van der Waals surface area contributed by atoms with Gasteiger partial charge in [-0.15, -0.1) is 0 Å². The van der Waals surface area contributed by atoms with Gasteiger partial charge < -0.3 is 5.43 Å². The van der Waals surface area contributed by atoms with Gasteiger partial charge in [-0.1, -0.05) is 30.5 Å². The van der Waals surface area contributed by atoms with Crippen molar-refractivity contribution in [1.82, 2.24) is 5.43 Å². The Morgan fingerprint density at radius 3 is 2.76 bits per heavy atom. The molecule has 0 atom stereocenters. The molecule has 0 spiro atoms. The lowest BCUT2D eigenvalue weighted by Gasteiger charge is -2.11. The molecule has 1 saturated carbocycles. The quantitative estimate of drug-likeness (QED) is 0.381. The van der Waals surface area contributed by atoms with Crippen molar-refractivity contribution in [2.75, 3.05) is 0 Å². The predicted octanol–water partition coefficient (Wildman–Crippen LogP) is 3.26. The monoisotopic (exact) mass is 315 g/mol. The molecule has 0 aliphatic heterocycles. The number of hydrazine groups is 1. The Bertz CT molecular complexity index is 428. The van der Waals surface area contributed by atoms with E-state index in [9.17, 15) is 0 Å². The number of amidine groups is 1. The molecule has 0 aromatic heterocycles. The molecule has 1 aromatic carbocycles. The first-order valence-corrected chi connectivity index (χ1v) is 6.88. The van der Waals surface area contributed by atoms with Crippen molar-refractivity contribution in [2.45, 2.75) is 31.7 Å². The van der Waals surface area contributed by atoms with Crippen LogP contribution in [0.1, 0.15) is 31.2 Å². The first kappa shape index (κ1) is 12.9. The second kappa shape index (κ2) is 5.85. The second-order valence-corrected chi connectivity index (χ2v) is 5.39. The van der Waals surface area contributed by atoms with Gasteiger partial charge in [0, 0.05) is 10.0 Å². The van der Waals surface area contributed by atoms with Crippen LogP contribution in [0.3, 0.4) is 0 Å². The van der Waals surface area contributed by atoms with Crippen molar-refractivity contribution in [2.24, 2.45) is 10.8 Å². The Labute approximate surface area is 115 Å². The highest BCUT2D eigenvalue weighted by molar-refractivity contribution is 9.10. The van der Waals surface area contributed by atoms with Crippen molar-refractivity contribution in [3.05, 3.63) is 33.3 Å². The first-order chi connectivity index (χ1) is 8.22. The standard InChI is InChI=1S/C12H15BrClN3/c13-10-7-3-6-9(11(10)14)12(17-15)16-8-4-1-2-5-8/h3,6-8H,1-2,4-5,15H2,(H,16,17). The zero-order valence-corrected chi connectivity index (χ0v) is 11.8. The molecule has 92 valence electrons. The number of hydrogen-bond donors (Lipinski definition) is 2. The Kier molecular flexibility index (Phi) is 4.42. The van der Waals surface area contributed by atoms with Gasteiger partial charge in [0.1, 0.15) is 5.84 Å². The minimum Gasteiger partial charge on any atom is -0.308 e. The van der Waals surface area contributed by atoms with Gasteiger partial charge in [0.15, 0.2) is 0 Å². The lowest BCUT2D eigenvalue weighted by molar-refractivity contribution is 0.701. The van der Waals surface area contributed by atoms with Gasteiger partial charge in [-0.05, 0) is 40.9 Å². The smallest absolute Gasteiger partial charge is 0.144 e. The van der Waals surface area contributed by atoms with E-state index >= 15 is 0 Å². The molecule has 0 amide bonds. The lowest BCUT2D eigenvalue weighted by atomic mass is 10.2. The van der Waals surface area contributed by atoms with Crippen molar-refractivity contribution in [3.8, 4) is 0 Å². The summed E-state index contributed by atoms with van der Waals surface area (Å²) < 4.78 is 0.853. The molecule has 3 N–H and O–H groups in total. The van der Waals surface area contributed by atoms with E-state index in [1.165, 1.54) is 12.8 Å². The van der Waals surface area contributed by atoms with E-state index in [2.05, 4.69) is 26.3 Å². The fourth-order valence-corrected chi connectivity index (χ4v) is 2.67. The predicted molar refractivity (Wildman–Crippen MR) is 75.3 cm³/mol. The minimum atomic E-state index is 0.371. The summed E-state index contributed by atoms with van der Waals surface area (Å²) in [6, 6.07) is 6.11. The molecule has 0 bridgehead atoms. The third-order valence-electron chi connectivity index (χ3n) is 2.98. The highest BCUT2D eigenvalue weighted by atomic mass is 79.9. The number of rotatable bonds is 2. The number of aliphatic imine (C=N–C) groups is 1. The zero-order chi connectivity index (χ0) is 12.3. The van der Waals surface area contributed by atoms with Crippen LogP contribution < -0.4 is 11.3 Å². The van der Waals surface area contributed by atoms with Crippen LogP contribution in [-0.2, 0) is 0 Å². The highest BCUT2D eigenvalue weighted by Gasteiger charge is 2.16. The summed E-state index contributed by atoms with van der Waals surface area (Å²) in [6.45, 7) is 0. The summed E-state index contributed by atoms with van der Waals surface area (Å²) in [4.78, 5) is 4.64. The maximum absolute atomic E-state index is 6.23. The van der Waals surface area contributed by atoms with Gasteiger partial charge in [-0.25, -0.2) is 5.84 Å². The minimum absolute atomic E-state index is 0.371. The molecule has 3 nitrogen and oxygen atoms in total. The zero-order valence-electron chi connectivity index (χ0n) is 9.42. The summed E-state index contributed by atoms with van der Waals surface area (Å²) in [5.41, 5.74) is 3.50. The average molecular weight is 317 g/mol. The summed E-state index contributed by atoms with van der Waals surface area (Å²) >= 11 is 9.63. The molecule has 1 aromatic rings. The van der Waals surface area contributed by atoms with E-state index in [1.54, 1.807) is 0 Å². The van der Waals surface area contributed by atoms with Gasteiger partial charge in [0.05, 0.1) is 11.1 Å². The van der Waals surface area contributed by atoms with Crippen LogP contribution in [0.2, 0.25) is 5.02 Å². The van der Waals surface area contributed by atoms with Gasteiger partial charge in [0.2, 0.25) is 0 Å². The molecule has 0 heterocycles. The maximum atomic E-state index is 6.23. The Morgan fingerprint density at radius 2 is 2.12 bits per heavy atom. The number of nitrogens with two attached hydrogens (primary N) is 1. The summed E-state index contributed by atoms with van der Waals surface area (Å²) in [6.07, 6.45) is 4.77. The highest BCUT2D eigenvalue weighted by Crippen LogP contribution is 2.27. The Hall–Kier alpha value is -0.580. The average Bonchev–Trinajstić information content (AvgIpc) is 2.83. The van der Waals surface area contributed by atoms with E-state index in [4.69, 9.17) is 17.4 Å². The molecule has 1 aliphatic carbocycles. The number of nitrogens with zero attached hydrogens (tertiary/aromatic N) is 1. The third-order valence-corrected chi connectivity index (χ3v) is 4.28. The summed E-state index contributed by atoms with van der Waals surface area (Å²) in [7, 11) is 0. The van der Waals surface area contributed by atoms with Crippen LogP contribution in [0.15, 0.2) is 27.7 Å². The third kappa shape index (κ3) is 3.00. The van der Waals surface area contributed by atoms with Crippen LogP contribution in [0.25, 0.3) is 0 Å². The van der Waals surface area contributed by atoms with E-state index in [1.807, 2.05) is 18.2 Å². The Balaban J connectivity index is 2.31. The SMILES string of the molecule is NNC(=NC1CCCC1)c1cccc(Br)c1Cl. The first-order valence-electron chi connectivity index (χ1n) is 5.71. The lowest BCUT2D eigenvalue weighted by Crippen LogP contribution is -2.32. The second-order valence-electron chi connectivity index (χ2n) is 4.16. The molecule has 0 radical (unpaired) electrons. The van der Waals surface area contributed by atoms with Crippen LogP contribution in [0, 0.1) is 0 Å². The molecule has 5 heteroatoms. The number of benzene rings is 1. The van der Waals surface area contributed by atoms with Crippen molar-refractivity contribution >= 4 is 33.4 Å². The normalized spacial score (nSPS) is 17.5. The fraction of sp³-hybridized carbons (Fsp3) is 0.417. The van der Waals surface area contributed by atoms with Crippen LogP contribution in [0.5, 0.6) is 0 Å². The van der Waals surface area contributed by atoms with Crippen molar-refractivity contribution in [3.63, 3.8) is 0 Å². The maximum Gasteiger partial charge on any atom is 0.144 e. The van der Waals surface area contributed by atoms with Gasteiger partial charge >= 0.3 is 0 Å². The molecule has 2 rings (SSSR count).